The topological polar surface area (TPSA) is 9.23 Å². The number of hydrogen-bond donors (Lipinski definition) is 0. The van der Waals surface area contributed by atoms with Gasteiger partial charge in [-0.1, -0.05) is 42.5 Å². The first-order valence-corrected chi connectivity index (χ1v) is 8.05. The van der Waals surface area contributed by atoms with Gasteiger partial charge in [0.1, 0.15) is 5.75 Å². The zero-order valence-electron chi connectivity index (χ0n) is 13.8. The maximum absolute atomic E-state index is 5.58. The van der Waals surface area contributed by atoms with Crippen molar-refractivity contribution in [1.82, 2.24) is 0 Å². The minimum Gasteiger partial charge on any atom is -0.496 e. The highest BCUT2D eigenvalue weighted by atomic mass is 16.5. The second-order valence-corrected chi connectivity index (χ2v) is 6.23. The normalized spacial score (nSPS) is 12.0. The molecule has 3 aromatic carbocycles. The molecule has 4 rings (SSSR count). The molecule has 0 spiro atoms. The van der Waals surface area contributed by atoms with Crippen LogP contribution in [-0.2, 0) is 6.42 Å². The van der Waals surface area contributed by atoms with Gasteiger partial charge in [0.15, 0.2) is 0 Å². The summed E-state index contributed by atoms with van der Waals surface area (Å²) in [6.07, 6.45) is 1.05. The standard InChI is InChI=1S/C22H20O/c1-14-15(2)20(18-10-6-7-11-22(18)23-3)13-21-17-9-5-4-8-16(17)12-19(14)21/h4-11,13H,12H2,1-3H3. The van der Waals surface area contributed by atoms with Gasteiger partial charge in [0.25, 0.3) is 0 Å². The highest BCUT2D eigenvalue weighted by Crippen LogP contribution is 2.44. The van der Waals surface area contributed by atoms with Gasteiger partial charge in [-0.15, -0.1) is 0 Å². The highest BCUT2D eigenvalue weighted by molar-refractivity contribution is 5.86. The van der Waals surface area contributed by atoms with E-state index < -0.39 is 0 Å². The molecule has 1 heteroatoms. The number of hydrogen-bond acceptors (Lipinski definition) is 1. The summed E-state index contributed by atoms with van der Waals surface area (Å²) >= 11 is 0. The van der Waals surface area contributed by atoms with Crippen LogP contribution in [0, 0.1) is 13.8 Å². The average molecular weight is 300 g/mol. The van der Waals surface area contributed by atoms with Crippen LogP contribution in [0.1, 0.15) is 22.3 Å². The molecule has 1 aliphatic rings. The van der Waals surface area contributed by atoms with Gasteiger partial charge < -0.3 is 4.74 Å². The fourth-order valence-corrected chi connectivity index (χ4v) is 3.71. The van der Waals surface area contributed by atoms with E-state index in [1.165, 1.54) is 44.5 Å². The molecule has 0 bridgehead atoms. The van der Waals surface area contributed by atoms with Gasteiger partial charge in [-0.3, -0.25) is 0 Å². The van der Waals surface area contributed by atoms with Crippen LogP contribution in [0.5, 0.6) is 5.75 Å². The minimum absolute atomic E-state index is 0.932. The Morgan fingerprint density at radius 2 is 1.43 bits per heavy atom. The summed E-state index contributed by atoms with van der Waals surface area (Å²) in [5, 5.41) is 0. The van der Waals surface area contributed by atoms with E-state index in [-0.39, 0.29) is 0 Å². The number of ether oxygens (including phenoxy) is 1. The molecule has 0 unspecified atom stereocenters. The molecule has 1 aliphatic carbocycles. The van der Waals surface area contributed by atoms with E-state index in [0.29, 0.717) is 0 Å². The molecule has 0 aliphatic heterocycles. The molecule has 0 fully saturated rings. The zero-order valence-corrected chi connectivity index (χ0v) is 13.8. The summed E-state index contributed by atoms with van der Waals surface area (Å²) in [5.74, 6) is 0.932. The lowest BCUT2D eigenvalue weighted by Crippen LogP contribution is -1.96. The van der Waals surface area contributed by atoms with E-state index in [0.717, 1.165) is 12.2 Å². The SMILES string of the molecule is COc1ccccc1-c1cc2c(c(C)c1C)Cc1ccccc1-2. The molecule has 1 nitrogen and oxygen atoms in total. The Morgan fingerprint density at radius 3 is 2.22 bits per heavy atom. The predicted octanol–water partition coefficient (Wildman–Crippen LogP) is 5.55. The van der Waals surface area contributed by atoms with Crippen molar-refractivity contribution in [3.8, 4) is 28.0 Å². The first-order chi connectivity index (χ1) is 11.2. The van der Waals surface area contributed by atoms with Gasteiger partial charge in [0.05, 0.1) is 7.11 Å². The summed E-state index contributed by atoms with van der Waals surface area (Å²) in [7, 11) is 1.74. The highest BCUT2D eigenvalue weighted by Gasteiger charge is 2.23. The van der Waals surface area contributed by atoms with Crippen LogP contribution in [0.4, 0.5) is 0 Å². The summed E-state index contributed by atoms with van der Waals surface area (Å²) in [5.41, 5.74) is 10.9. The number of para-hydroxylation sites is 1. The van der Waals surface area contributed by atoms with E-state index >= 15 is 0 Å². The molecule has 0 atom stereocenters. The van der Waals surface area contributed by atoms with Gasteiger partial charge in [-0.05, 0) is 71.3 Å². The molecule has 0 radical (unpaired) electrons. The number of rotatable bonds is 2. The summed E-state index contributed by atoms with van der Waals surface area (Å²) < 4.78 is 5.58. The van der Waals surface area contributed by atoms with E-state index in [4.69, 9.17) is 4.74 Å². The Hall–Kier alpha value is -2.54. The average Bonchev–Trinajstić information content (AvgIpc) is 2.97. The van der Waals surface area contributed by atoms with E-state index in [1.54, 1.807) is 7.11 Å². The Bertz CT molecular complexity index is 906. The summed E-state index contributed by atoms with van der Waals surface area (Å²) in [6.45, 7) is 4.47. The minimum atomic E-state index is 0.932. The maximum Gasteiger partial charge on any atom is 0.126 e. The molecule has 0 N–H and O–H groups in total. The quantitative estimate of drug-likeness (QED) is 0.471. The van der Waals surface area contributed by atoms with Gasteiger partial charge in [0, 0.05) is 5.56 Å². The van der Waals surface area contributed by atoms with Crippen molar-refractivity contribution >= 4 is 0 Å². The number of benzene rings is 3. The molecule has 0 amide bonds. The smallest absolute Gasteiger partial charge is 0.126 e. The molecular formula is C22H20O. The third kappa shape index (κ3) is 2.08. The monoisotopic (exact) mass is 300 g/mol. The molecule has 3 aromatic rings. The third-order valence-electron chi connectivity index (χ3n) is 5.10. The fraction of sp³-hybridized carbons (Fsp3) is 0.182. The predicted molar refractivity (Wildman–Crippen MR) is 96.1 cm³/mol. The number of fused-ring (bicyclic) bond motifs is 3. The zero-order chi connectivity index (χ0) is 16.0. The van der Waals surface area contributed by atoms with Crippen molar-refractivity contribution in [3.05, 3.63) is 76.9 Å². The van der Waals surface area contributed by atoms with Crippen LogP contribution >= 0.6 is 0 Å². The second kappa shape index (κ2) is 5.27. The van der Waals surface area contributed by atoms with Crippen molar-refractivity contribution < 1.29 is 4.74 Å². The van der Waals surface area contributed by atoms with Crippen molar-refractivity contribution in [2.75, 3.05) is 7.11 Å². The Labute approximate surface area is 137 Å². The van der Waals surface area contributed by atoms with E-state index in [9.17, 15) is 0 Å². The van der Waals surface area contributed by atoms with Crippen molar-refractivity contribution in [1.29, 1.82) is 0 Å². The first-order valence-electron chi connectivity index (χ1n) is 8.05. The van der Waals surface area contributed by atoms with Crippen LogP contribution in [-0.4, -0.2) is 7.11 Å². The molecule has 0 heterocycles. The molecule has 23 heavy (non-hydrogen) atoms. The van der Waals surface area contributed by atoms with Crippen molar-refractivity contribution in [3.63, 3.8) is 0 Å². The Morgan fingerprint density at radius 1 is 0.739 bits per heavy atom. The van der Waals surface area contributed by atoms with Gasteiger partial charge in [-0.25, -0.2) is 0 Å². The van der Waals surface area contributed by atoms with Crippen LogP contribution < -0.4 is 4.74 Å². The van der Waals surface area contributed by atoms with Crippen LogP contribution in [0.25, 0.3) is 22.3 Å². The number of methoxy groups -OCH3 is 1. The molecular weight excluding hydrogens is 280 g/mol. The lowest BCUT2D eigenvalue weighted by Gasteiger charge is -2.16. The van der Waals surface area contributed by atoms with Crippen molar-refractivity contribution in [2.45, 2.75) is 20.3 Å². The van der Waals surface area contributed by atoms with Crippen LogP contribution in [0.3, 0.4) is 0 Å². The summed E-state index contributed by atoms with van der Waals surface area (Å²) in [4.78, 5) is 0. The first kappa shape index (κ1) is 14.1. The van der Waals surface area contributed by atoms with Crippen molar-refractivity contribution in [2.24, 2.45) is 0 Å². The second-order valence-electron chi connectivity index (χ2n) is 6.23. The van der Waals surface area contributed by atoms with Gasteiger partial charge in [0.2, 0.25) is 0 Å². The lowest BCUT2D eigenvalue weighted by atomic mass is 9.89. The molecule has 0 aromatic heterocycles. The molecule has 114 valence electrons. The molecule has 0 saturated heterocycles. The van der Waals surface area contributed by atoms with Crippen LogP contribution in [0.2, 0.25) is 0 Å². The van der Waals surface area contributed by atoms with Gasteiger partial charge in [-0.2, -0.15) is 0 Å². The Balaban J connectivity index is 2.00. The maximum atomic E-state index is 5.58. The van der Waals surface area contributed by atoms with E-state index in [2.05, 4.69) is 56.3 Å². The Kier molecular flexibility index (Phi) is 3.23. The largest absolute Gasteiger partial charge is 0.496 e. The lowest BCUT2D eigenvalue weighted by molar-refractivity contribution is 0.416. The van der Waals surface area contributed by atoms with E-state index in [1.807, 2.05) is 12.1 Å². The third-order valence-corrected chi connectivity index (χ3v) is 5.10. The summed E-state index contributed by atoms with van der Waals surface area (Å²) in [6, 6.07) is 19.4. The van der Waals surface area contributed by atoms with Gasteiger partial charge >= 0.3 is 0 Å². The van der Waals surface area contributed by atoms with Crippen LogP contribution in [0.15, 0.2) is 54.6 Å². The molecule has 0 saturated carbocycles. The fourth-order valence-electron chi connectivity index (χ4n) is 3.71.